The number of halogens is 1. The van der Waals surface area contributed by atoms with Crippen LogP contribution in [-0.2, 0) is 6.42 Å². The molecule has 0 atom stereocenters. The molecule has 0 saturated heterocycles. The van der Waals surface area contributed by atoms with Gasteiger partial charge in [-0.25, -0.2) is 9.97 Å². The van der Waals surface area contributed by atoms with Gasteiger partial charge in [0.15, 0.2) is 5.65 Å². The molecule has 0 bridgehead atoms. The molecule has 2 heterocycles. The Morgan fingerprint density at radius 1 is 1.57 bits per heavy atom. The van der Waals surface area contributed by atoms with Crippen LogP contribution in [0.15, 0.2) is 18.3 Å². The number of hydrogen-bond acceptors (Lipinski definition) is 3. The van der Waals surface area contributed by atoms with Gasteiger partial charge < -0.3 is 10.7 Å². The fourth-order valence-corrected chi connectivity index (χ4v) is 1.16. The van der Waals surface area contributed by atoms with Crippen LogP contribution in [0.3, 0.4) is 0 Å². The van der Waals surface area contributed by atoms with Crippen molar-refractivity contribution in [2.45, 2.75) is 6.42 Å². The van der Waals surface area contributed by atoms with Gasteiger partial charge in [0.2, 0.25) is 0 Å². The van der Waals surface area contributed by atoms with Crippen LogP contribution in [0.2, 0.25) is 0 Å². The van der Waals surface area contributed by atoms with E-state index in [2.05, 4.69) is 15.0 Å². The third-order valence-electron chi connectivity index (χ3n) is 1.66. The highest BCUT2D eigenvalue weighted by Crippen LogP contribution is 2.07. The lowest BCUT2D eigenvalue weighted by atomic mass is 10.4. The van der Waals surface area contributed by atoms with E-state index in [1.165, 1.54) is 0 Å². The van der Waals surface area contributed by atoms with Crippen LogP contribution in [0, 0.1) is 5.41 Å². The van der Waals surface area contributed by atoms with E-state index in [4.69, 9.17) is 11.1 Å². The standard InChI is InChI=1S/C8H9N5.ClH/c9-6(10)4-7-12-5-2-1-3-11-8(5)13-7;/h1-3H,4H2,(H3,9,10)(H,11,12,13);1H. The summed E-state index contributed by atoms with van der Waals surface area (Å²) in [5, 5.41) is 7.10. The van der Waals surface area contributed by atoms with Crippen LogP contribution >= 0.6 is 12.4 Å². The minimum Gasteiger partial charge on any atom is -0.387 e. The van der Waals surface area contributed by atoms with Crippen LogP contribution < -0.4 is 5.73 Å². The average molecular weight is 212 g/mol. The van der Waals surface area contributed by atoms with Gasteiger partial charge >= 0.3 is 0 Å². The second-order valence-electron chi connectivity index (χ2n) is 2.76. The molecule has 0 aliphatic carbocycles. The van der Waals surface area contributed by atoms with E-state index in [0.29, 0.717) is 17.9 Å². The van der Waals surface area contributed by atoms with Crippen LogP contribution in [0.1, 0.15) is 5.82 Å². The third-order valence-corrected chi connectivity index (χ3v) is 1.66. The monoisotopic (exact) mass is 211 g/mol. The maximum Gasteiger partial charge on any atom is 0.177 e. The molecule has 2 aromatic heterocycles. The van der Waals surface area contributed by atoms with Gasteiger partial charge in [-0.15, -0.1) is 12.4 Å². The fraction of sp³-hybridized carbons (Fsp3) is 0.125. The summed E-state index contributed by atoms with van der Waals surface area (Å²) in [6, 6.07) is 3.72. The zero-order chi connectivity index (χ0) is 9.26. The van der Waals surface area contributed by atoms with Crippen molar-refractivity contribution < 1.29 is 0 Å². The highest BCUT2D eigenvalue weighted by molar-refractivity contribution is 5.85. The SMILES string of the molecule is Cl.N=C(N)Cc1nc2ncccc2[nH]1. The summed E-state index contributed by atoms with van der Waals surface area (Å²) >= 11 is 0. The molecular formula is C8H10ClN5. The lowest BCUT2D eigenvalue weighted by Crippen LogP contribution is -2.13. The van der Waals surface area contributed by atoms with E-state index < -0.39 is 0 Å². The molecule has 2 aromatic rings. The van der Waals surface area contributed by atoms with Crippen LogP contribution in [0.5, 0.6) is 0 Å². The maximum atomic E-state index is 7.10. The minimum absolute atomic E-state index is 0. The number of pyridine rings is 1. The zero-order valence-corrected chi connectivity index (χ0v) is 8.14. The number of rotatable bonds is 2. The molecular weight excluding hydrogens is 202 g/mol. The maximum absolute atomic E-state index is 7.10. The third kappa shape index (κ3) is 2.00. The number of nitrogens with one attached hydrogen (secondary N) is 2. The first-order valence-electron chi connectivity index (χ1n) is 3.88. The van der Waals surface area contributed by atoms with Gasteiger partial charge in [0.25, 0.3) is 0 Å². The van der Waals surface area contributed by atoms with Crippen molar-refractivity contribution in [3.8, 4) is 0 Å². The van der Waals surface area contributed by atoms with Crippen LogP contribution in [0.4, 0.5) is 0 Å². The summed E-state index contributed by atoms with van der Waals surface area (Å²) in [6.07, 6.45) is 2.02. The summed E-state index contributed by atoms with van der Waals surface area (Å²) in [4.78, 5) is 11.3. The lowest BCUT2D eigenvalue weighted by molar-refractivity contribution is 1.08. The molecule has 0 saturated carbocycles. The molecule has 2 rings (SSSR count). The van der Waals surface area contributed by atoms with Crippen molar-refractivity contribution in [3.05, 3.63) is 24.2 Å². The molecule has 0 spiro atoms. The van der Waals surface area contributed by atoms with Gasteiger partial charge in [-0.05, 0) is 12.1 Å². The van der Waals surface area contributed by atoms with Gasteiger partial charge in [-0.3, -0.25) is 5.41 Å². The molecule has 0 aliphatic rings. The van der Waals surface area contributed by atoms with Crippen LogP contribution in [-0.4, -0.2) is 20.8 Å². The molecule has 0 unspecified atom stereocenters. The predicted octanol–water partition coefficient (Wildman–Crippen LogP) is 0.858. The second kappa shape index (κ2) is 4.06. The number of nitrogens with zero attached hydrogens (tertiary/aromatic N) is 2. The number of hydrogen-bond donors (Lipinski definition) is 3. The van der Waals surface area contributed by atoms with Crippen molar-refractivity contribution in [1.82, 2.24) is 15.0 Å². The molecule has 0 aromatic carbocycles. The Balaban J connectivity index is 0.000000980. The van der Waals surface area contributed by atoms with Gasteiger partial charge in [0.05, 0.1) is 17.8 Å². The van der Waals surface area contributed by atoms with Crippen LogP contribution in [0.25, 0.3) is 11.2 Å². The molecule has 0 fully saturated rings. The molecule has 14 heavy (non-hydrogen) atoms. The number of nitrogens with two attached hydrogens (primary N) is 1. The quantitative estimate of drug-likeness (QED) is 0.508. The number of imidazole rings is 1. The first-order valence-corrected chi connectivity index (χ1v) is 3.88. The zero-order valence-electron chi connectivity index (χ0n) is 7.32. The van der Waals surface area contributed by atoms with Crippen molar-refractivity contribution in [1.29, 1.82) is 5.41 Å². The van der Waals surface area contributed by atoms with Crippen molar-refractivity contribution >= 4 is 29.4 Å². The lowest BCUT2D eigenvalue weighted by Gasteiger charge is -1.90. The summed E-state index contributed by atoms with van der Waals surface area (Å²) in [5.74, 6) is 0.778. The molecule has 74 valence electrons. The fourth-order valence-electron chi connectivity index (χ4n) is 1.16. The van der Waals surface area contributed by atoms with E-state index >= 15 is 0 Å². The normalized spacial score (nSPS) is 9.71. The van der Waals surface area contributed by atoms with Gasteiger partial charge in [0, 0.05) is 6.20 Å². The topological polar surface area (TPSA) is 91.4 Å². The van der Waals surface area contributed by atoms with E-state index in [9.17, 15) is 0 Å². The smallest absolute Gasteiger partial charge is 0.177 e. The Morgan fingerprint density at radius 2 is 2.36 bits per heavy atom. The van der Waals surface area contributed by atoms with Gasteiger partial charge in [0.1, 0.15) is 5.82 Å². The summed E-state index contributed by atoms with van der Waals surface area (Å²) in [6.45, 7) is 0. The molecule has 4 N–H and O–H groups in total. The number of aromatic nitrogens is 3. The Labute approximate surface area is 86.7 Å². The van der Waals surface area contributed by atoms with E-state index in [1.807, 2.05) is 12.1 Å². The van der Waals surface area contributed by atoms with Crippen molar-refractivity contribution in [2.24, 2.45) is 5.73 Å². The highest BCUT2D eigenvalue weighted by Gasteiger charge is 2.02. The molecule has 0 amide bonds. The Bertz CT molecular complexity index is 417. The second-order valence-corrected chi connectivity index (χ2v) is 2.76. The summed E-state index contributed by atoms with van der Waals surface area (Å²) in [5.41, 5.74) is 6.79. The van der Waals surface area contributed by atoms with E-state index in [-0.39, 0.29) is 18.2 Å². The Morgan fingerprint density at radius 3 is 3.00 bits per heavy atom. The number of fused-ring (bicyclic) bond motifs is 1. The summed E-state index contributed by atoms with van der Waals surface area (Å²) in [7, 11) is 0. The minimum atomic E-state index is 0. The van der Waals surface area contributed by atoms with Crippen molar-refractivity contribution in [2.75, 3.05) is 0 Å². The largest absolute Gasteiger partial charge is 0.387 e. The highest BCUT2D eigenvalue weighted by atomic mass is 35.5. The molecule has 6 heteroatoms. The average Bonchev–Trinajstić information content (AvgIpc) is 2.44. The van der Waals surface area contributed by atoms with Crippen molar-refractivity contribution in [3.63, 3.8) is 0 Å². The molecule has 0 radical (unpaired) electrons. The van der Waals surface area contributed by atoms with Gasteiger partial charge in [-0.2, -0.15) is 0 Å². The number of amidine groups is 1. The Hall–Kier alpha value is -1.62. The Kier molecular flexibility index (Phi) is 3.03. The van der Waals surface area contributed by atoms with E-state index in [1.54, 1.807) is 6.20 Å². The number of aromatic amines is 1. The van der Waals surface area contributed by atoms with E-state index in [0.717, 1.165) is 5.52 Å². The van der Waals surface area contributed by atoms with Gasteiger partial charge in [-0.1, -0.05) is 0 Å². The predicted molar refractivity (Wildman–Crippen MR) is 56.8 cm³/mol. The molecule has 0 aliphatic heterocycles. The first-order chi connectivity index (χ1) is 6.25. The first kappa shape index (κ1) is 10.5. The molecule has 5 nitrogen and oxygen atoms in total. The summed E-state index contributed by atoms with van der Waals surface area (Å²) < 4.78 is 0. The number of H-pyrrole nitrogens is 1.